The lowest BCUT2D eigenvalue weighted by Gasteiger charge is -2.27. The molecule has 0 saturated heterocycles. The number of pyridine rings is 1. The molecule has 1 aromatic heterocycles. The van der Waals surface area contributed by atoms with E-state index in [2.05, 4.69) is 4.98 Å². The maximum absolute atomic E-state index is 11.4. The number of carbonyl (C=O) groups excluding carboxylic acids is 1. The van der Waals surface area contributed by atoms with Gasteiger partial charge in [-0.25, -0.2) is 0 Å². The summed E-state index contributed by atoms with van der Waals surface area (Å²) in [5, 5.41) is 0. The Morgan fingerprint density at radius 1 is 1.60 bits per heavy atom. The zero-order chi connectivity index (χ0) is 10.8. The van der Waals surface area contributed by atoms with Crippen LogP contribution in [-0.2, 0) is 17.8 Å². The molecular weight excluding hydrogens is 216 g/mol. The number of hydrogen-bond donors (Lipinski definition) is 1. The Labute approximate surface area is 91.9 Å². The molecule has 4 nitrogen and oxygen atoms in total. The number of hydrogen-bond acceptors (Lipinski definition) is 2. The van der Waals surface area contributed by atoms with E-state index in [-0.39, 0.29) is 17.3 Å². The topological polar surface area (TPSA) is 53.2 Å². The van der Waals surface area contributed by atoms with Gasteiger partial charge in [-0.3, -0.25) is 9.59 Å². The molecule has 1 amide bonds. The minimum absolute atomic E-state index is 0.00146. The maximum Gasteiger partial charge on any atom is 0.251 e. The fraction of sp³-hybridized carbons (Fsp3) is 0.400. The van der Waals surface area contributed by atoms with Crippen LogP contribution in [0.25, 0.3) is 0 Å². The highest BCUT2D eigenvalue weighted by Crippen LogP contribution is 2.14. The van der Waals surface area contributed by atoms with Crippen LogP contribution in [-0.4, -0.2) is 28.2 Å². The molecule has 0 bridgehead atoms. The van der Waals surface area contributed by atoms with Crippen molar-refractivity contribution in [3.63, 3.8) is 0 Å². The van der Waals surface area contributed by atoms with E-state index in [4.69, 9.17) is 11.6 Å². The quantitative estimate of drug-likeness (QED) is 0.709. The molecule has 15 heavy (non-hydrogen) atoms. The summed E-state index contributed by atoms with van der Waals surface area (Å²) >= 11 is 5.48. The van der Waals surface area contributed by atoms with E-state index >= 15 is 0 Å². The summed E-state index contributed by atoms with van der Waals surface area (Å²) in [6.45, 7) is 1.07. The van der Waals surface area contributed by atoms with Gasteiger partial charge in [0.05, 0.1) is 0 Å². The molecule has 2 heterocycles. The van der Waals surface area contributed by atoms with Crippen molar-refractivity contribution < 1.29 is 4.79 Å². The Hall–Kier alpha value is -1.29. The molecule has 1 N–H and O–H groups in total. The monoisotopic (exact) mass is 226 g/mol. The van der Waals surface area contributed by atoms with Gasteiger partial charge in [0.2, 0.25) is 5.91 Å². The number of H-pyrrole nitrogens is 1. The number of carbonyl (C=O) groups is 1. The molecule has 1 aromatic rings. The molecule has 2 rings (SSSR count). The summed E-state index contributed by atoms with van der Waals surface area (Å²) < 4.78 is 0. The van der Waals surface area contributed by atoms with Gasteiger partial charge < -0.3 is 9.88 Å². The van der Waals surface area contributed by atoms with Gasteiger partial charge in [-0.1, -0.05) is 0 Å². The molecule has 0 fully saturated rings. The fourth-order valence-electron chi connectivity index (χ4n) is 1.80. The van der Waals surface area contributed by atoms with E-state index in [0.717, 1.165) is 11.1 Å². The molecule has 0 spiro atoms. The molecular formula is C10H11ClN2O2. The van der Waals surface area contributed by atoms with Gasteiger partial charge in [0.15, 0.2) is 0 Å². The third-order valence-electron chi connectivity index (χ3n) is 2.62. The Bertz CT molecular complexity index is 441. The molecule has 0 atom stereocenters. The number of nitrogens with one attached hydrogen (secondary N) is 1. The zero-order valence-corrected chi connectivity index (χ0v) is 8.88. The lowest BCUT2D eigenvalue weighted by molar-refractivity contribution is -0.129. The summed E-state index contributed by atoms with van der Waals surface area (Å²) in [6.07, 6.45) is 2.21. The molecule has 0 aromatic carbocycles. The van der Waals surface area contributed by atoms with Crippen molar-refractivity contribution in [2.75, 3.05) is 12.4 Å². The van der Waals surface area contributed by atoms with Gasteiger partial charge >= 0.3 is 0 Å². The van der Waals surface area contributed by atoms with Gasteiger partial charge in [0.1, 0.15) is 5.88 Å². The van der Waals surface area contributed by atoms with Gasteiger partial charge in [-0.05, 0) is 18.1 Å². The summed E-state index contributed by atoms with van der Waals surface area (Å²) in [5.74, 6) is -0.0824. The number of amides is 1. The number of rotatable bonds is 1. The van der Waals surface area contributed by atoms with Crippen LogP contribution >= 0.6 is 11.6 Å². The number of aromatic amines is 1. The van der Waals surface area contributed by atoms with Gasteiger partial charge in [0.25, 0.3) is 5.56 Å². The van der Waals surface area contributed by atoms with Crippen LogP contribution in [0.1, 0.15) is 11.1 Å². The van der Waals surface area contributed by atoms with E-state index in [1.807, 2.05) is 6.07 Å². The van der Waals surface area contributed by atoms with Crippen molar-refractivity contribution in [2.24, 2.45) is 0 Å². The first-order valence-electron chi connectivity index (χ1n) is 4.75. The lowest BCUT2D eigenvalue weighted by Crippen LogP contribution is -2.38. The second-order valence-corrected chi connectivity index (χ2v) is 3.78. The van der Waals surface area contributed by atoms with Crippen molar-refractivity contribution in [3.8, 4) is 0 Å². The number of aromatic nitrogens is 1. The molecule has 1 aliphatic rings. The third kappa shape index (κ3) is 1.90. The van der Waals surface area contributed by atoms with Crippen molar-refractivity contribution >= 4 is 17.5 Å². The Kier molecular flexibility index (Phi) is 2.77. The van der Waals surface area contributed by atoms with Crippen molar-refractivity contribution in [2.45, 2.75) is 13.0 Å². The second kappa shape index (κ2) is 4.06. The van der Waals surface area contributed by atoms with Crippen LogP contribution in [0.5, 0.6) is 0 Å². The highest BCUT2D eigenvalue weighted by atomic mass is 35.5. The van der Waals surface area contributed by atoms with Crippen LogP contribution < -0.4 is 5.56 Å². The fourth-order valence-corrected chi connectivity index (χ4v) is 1.97. The highest BCUT2D eigenvalue weighted by molar-refractivity contribution is 6.27. The number of nitrogens with zero attached hydrogens (tertiary/aromatic N) is 1. The van der Waals surface area contributed by atoms with Crippen LogP contribution in [0.15, 0.2) is 17.1 Å². The Morgan fingerprint density at radius 2 is 2.40 bits per heavy atom. The summed E-state index contributed by atoms with van der Waals surface area (Å²) in [5.41, 5.74) is 1.66. The molecule has 80 valence electrons. The third-order valence-corrected chi connectivity index (χ3v) is 2.85. The predicted molar refractivity (Wildman–Crippen MR) is 56.9 cm³/mol. The first-order valence-corrected chi connectivity index (χ1v) is 5.29. The van der Waals surface area contributed by atoms with Crippen LogP contribution in [0.4, 0.5) is 0 Å². The molecule has 0 saturated carbocycles. The van der Waals surface area contributed by atoms with Gasteiger partial charge in [0, 0.05) is 24.8 Å². The van der Waals surface area contributed by atoms with E-state index < -0.39 is 0 Å². The predicted octanol–water partition coefficient (Wildman–Crippen LogP) is 0.498. The van der Waals surface area contributed by atoms with Crippen LogP contribution in [0.3, 0.4) is 0 Å². The SMILES string of the molecule is O=C(CCl)N1CCc2c(cc[nH]c2=O)C1. The van der Waals surface area contributed by atoms with Crippen molar-refractivity contribution in [1.29, 1.82) is 0 Å². The summed E-state index contributed by atoms with van der Waals surface area (Å²) in [6, 6.07) is 1.84. The number of fused-ring (bicyclic) bond motifs is 1. The van der Waals surface area contributed by atoms with Crippen molar-refractivity contribution in [1.82, 2.24) is 9.88 Å². The largest absolute Gasteiger partial charge is 0.337 e. The minimum atomic E-state index is -0.0809. The van der Waals surface area contributed by atoms with E-state index in [1.165, 1.54) is 0 Å². The maximum atomic E-state index is 11.4. The van der Waals surface area contributed by atoms with E-state index in [0.29, 0.717) is 19.5 Å². The Balaban J connectivity index is 2.28. The smallest absolute Gasteiger partial charge is 0.251 e. The van der Waals surface area contributed by atoms with E-state index in [9.17, 15) is 9.59 Å². The van der Waals surface area contributed by atoms with E-state index in [1.54, 1.807) is 11.1 Å². The first-order chi connectivity index (χ1) is 7.22. The van der Waals surface area contributed by atoms with Gasteiger partial charge in [-0.2, -0.15) is 0 Å². The average Bonchev–Trinajstić information content (AvgIpc) is 2.28. The van der Waals surface area contributed by atoms with Crippen molar-refractivity contribution in [3.05, 3.63) is 33.7 Å². The number of halogens is 1. The molecule has 0 aliphatic carbocycles. The Morgan fingerprint density at radius 3 is 3.13 bits per heavy atom. The normalized spacial score (nSPS) is 14.9. The first kappa shape index (κ1) is 10.2. The molecule has 0 unspecified atom stereocenters. The standard InChI is InChI=1S/C10H11ClN2O2/c11-5-9(14)13-4-2-8-7(6-13)1-3-12-10(8)15/h1,3H,2,4-6H2,(H,12,15). The minimum Gasteiger partial charge on any atom is -0.337 e. The van der Waals surface area contributed by atoms with Crippen LogP contribution in [0, 0.1) is 0 Å². The summed E-state index contributed by atoms with van der Waals surface area (Å²) in [7, 11) is 0. The summed E-state index contributed by atoms with van der Waals surface area (Å²) in [4.78, 5) is 27.1. The number of alkyl halides is 1. The van der Waals surface area contributed by atoms with Gasteiger partial charge in [-0.15, -0.1) is 11.6 Å². The van der Waals surface area contributed by atoms with Crippen LogP contribution in [0.2, 0.25) is 0 Å². The zero-order valence-electron chi connectivity index (χ0n) is 8.12. The highest BCUT2D eigenvalue weighted by Gasteiger charge is 2.21. The molecule has 1 aliphatic heterocycles. The molecule has 5 heteroatoms. The molecule has 0 radical (unpaired) electrons. The lowest BCUT2D eigenvalue weighted by atomic mass is 10.0. The second-order valence-electron chi connectivity index (χ2n) is 3.51. The average molecular weight is 227 g/mol.